The van der Waals surface area contributed by atoms with Crippen molar-refractivity contribution < 1.29 is 32.2 Å². The lowest BCUT2D eigenvalue weighted by Crippen LogP contribution is -2.52. The van der Waals surface area contributed by atoms with Gasteiger partial charge >= 0.3 is 0 Å². The first-order chi connectivity index (χ1) is 21.4. The average Bonchev–Trinajstić information content (AvgIpc) is 3.01. The lowest BCUT2D eigenvalue weighted by atomic mass is 10.0. The number of carbonyl (C=O) groups excluding carboxylic acids is 1. The van der Waals surface area contributed by atoms with Crippen molar-refractivity contribution in [2.75, 3.05) is 32.5 Å². The van der Waals surface area contributed by atoms with Gasteiger partial charge in [0.05, 0.1) is 19.4 Å². The molecule has 11 heteroatoms. The van der Waals surface area contributed by atoms with Crippen LogP contribution in [0.4, 0.5) is 4.39 Å². The number of sulfonamides is 1. The van der Waals surface area contributed by atoms with Gasteiger partial charge < -0.3 is 25.2 Å². The molecule has 0 aliphatic carbocycles. The van der Waals surface area contributed by atoms with E-state index in [1.165, 1.54) is 28.4 Å². The first kappa shape index (κ1) is 36.0. The maximum absolute atomic E-state index is 14.4. The summed E-state index contributed by atoms with van der Waals surface area (Å²) in [5.41, 5.74) is 6.72. The highest BCUT2D eigenvalue weighted by atomic mass is 32.2. The number of rotatable bonds is 19. The van der Waals surface area contributed by atoms with E-state index in [4.69, 9.17) is 15.2 Å². The van der Waals surface area contributed by atoms with Gasteiger partial charge in [-0.3, -0.25) is 4.79 Å². The van der Waals surface area contributed by atoms with Crippen LogP contribution in [-0.2, 0) is 34.4 Å². The maximum atomic E-state index is 14.4. The number of ether oxygens (including phenoxy) is 2. The number of hydrogen-bond donors (Lipinski definition) is 2. The van der Waals surface area contributed by atoms with Crippen molar-refractivity contribution >= 4 is 15.9 Å². The topological polar surface area (TPSA) is 122 Å². The van der Waals surface area contributed by atoms with Crippen LogP contribution in [0.5, 0.6) is 11.5 Å². The van der Waals surface area contributed by atoms with Crippen molar-refractivity contribution in [3.8, 4) is 11.5 Å². The smallest absolute Gasteiger partial charge is 0.224 e. The Labute approximate surface area is 266 Å². The molecule has 0 aromatic heterocycles. The molecule has 1 amide bonds. The summed E-state index contributed by atoms with van der Waals surface area (Å²) in [6.07, 6.45) is 1.29. The van der Waals surface area contributed by atoms with Crippen LogP contribution in [0.15, 0.2) is 72.8 Å². The van der Waals surface area contributed by atoms with Crippen LogP contribution in [0.1, 0.15) is 56.2 Å². The van der Waals surface area contributed by atoms with E-state index in [1.54, 1.807) is 24.3 Å². The normalized spacial score (nSPS) is 13.0. The van der Waals surface area contributed by atoms with E-state index < -0.39 is 27.5 Å². The summed E-state index contributed by atoms with van der Waals surface area (Å²) in [6.45, 7) is 4.69. The molecule has 3 rings (SSSR count). The summed E-state index contributed by atoms with van der Waals surface area (Å²) in [6, 6.07) is 21.0. The van der Waals surface area contributed by atoms with Crippen LogP contribution >= 0.6 is 0 Å². The second kappa shape index (κ2) is 17.3. The fourth-order valence-electron chi connectivity index (χ4n) is 4.98. The number of benzene rings is 3. The SMILES string of the molecule is CCCN(CCC)S(=O)(=O)CCC(=O)N(Cc1cccc(OC)c1)CC(N)(O)CCc1cc(F)cc(OCc2ccccc2)c1. The van der Waals surface area contributed by atoms with Crippen LogP contribution in [-0.4, -0.2) is 66.9 Å². The Morgan fingerprint density at radius 1 is 0.933 bits per heavy atom. The highest BCUT2D eigenvalue weighted by Gasteiger charge is 2.29. The maximum Gasteiger partial charge on any atom is 0.224 e. The van der Waals surface area contributed by atoms with Crippen LogP contribution < -0.4 is 15.2 Å². The third-order valence-corrected chi connectivity index (χ3v) is 9.14. The molecule has 9 nitrogen and oxygen atoms in total. The molecule has 0 saturated carbocycles. The number of amides is 1. The van der Waals surface area contributed by atoms with Gasteiger partial charge in [0.1, 0.15) is 29.6 Å². The number of nitrogens with zero attached hydrogens (tertiary/aromatic N) is 2. The van der Waals surface area contributed by atoms with Crippen LogP contribution in [0, 0.1) is 5.82 Å². The first-order valence-electron chi connectivity index (χ1n) is 15.3. The largest absolute Gasteiger partial charge is 0.497 e. The Hall–Kier alpha value is -3.51. The Morgan fingerprint density at radius 3 is 2.27 bits per heavy atom. The number of hydrogen-bond acceptors (Lipinski definition) is 7. The molecule has 1 unspecified atom stereocenters. The van der Waals surface area contributed by atoms with E-state index in [1.807, 2.05) is 50.2 Å². The third kappa shape index (κ3) is 12.1. The summed E-state index contributed by atoms with van der Waals surface area (Å²) in [4.78, 5) is 14.9. The zero-order chi connectivity index (χ0) is 32.9. The summed E-state index contributed by atoms with van der Waals surface area (Å²) in [5.74, 6) is -0.339. The molecule has 3 aromatic rings. The summed E-state index contributed by atoms with van der Waals surface area (Å²) in [5, 5.41) is 11.2. The molecule has 0 radical (unpaired) electrons. The van der Waals surface area contributed by atoms with E-state index in [9.17, 15) is 22.7 Å². The van der Waals surface area contributed by atoms with E-state index in [2.05, 4.69) is 0 Å². The molecule has 0 bridgehead atoms. The molecule has 0 heterocycles. The molecule has 0 aliphatic heterocycles. The first-order valence-corrected chi connectivity index (χ1v) is 16.9. The number of methoxy groups -OCH3 is 1. The number of aryl methyl sites for hydroxylation is 1. The number of carbonyl (C=O) groups is 1. The number of halogens is 1. The molecule has 246 valence electrons. The van der Waals surface area contributed by atoms with Crippen molar-refractivity contribution in [2.45, 2.75) is 64.8 Å². The average molecular weight is 644 g/mol. The summed E-state index contributed by atoms with van der Waals surface area (Å²) >= 11 is 0. The van der Waals surface area contributed by atoms with Crippen molar-refractivity contribution in [1.29, 1.82) is 0 Å². The minimum absolute atomic E-state index is 0.00947. The van der Waals surface area contributed by atoms with Gasteiger partial charge in [0.15, 0.2) is 0 Å². The molecule has 3 N–H and O–H groups in total. The zero-order valence-corrected chi connectivity index (χ0v) is 27.3. The van der Waals surface area contributed by atoms with Gasteiger partial charge in [-0.2, -0.15) is 0 Å². The van der Waals surface area contributed by atoms with Gasteiger partial charge in [0, 0.05) is 32.1 Å². The van der Waals surface area contributed by atoms with Crippen LogP contribution in [0.2, 0.25) is 0 Å². The molecule has 45 heavy (non-hydrogen) atoms. The van der Waals surface area contributed by atoms with E-state index in [0.29, 0.717) is 43.0 Å². The lowest BCUT2D eigenvalue weighted by Gasteiger charge is -2.32. The highest BCUT2D eigenvalue weighted by Crippen LogP contribution is 2.22. The summed E-state index contributed by atoms with van der Waals surface area (Å²) in [7, 11) is -2.12. The van der Waals surface area contributed by atoms with Gasteiger partial charge in [0.2, 0.25) is 15.9 Å². The van der Waals surface area contributed by atoms with Crippen LogP contribution in [0.25, 0.3) is 0 Å². The van der Waals surface area contributed by atoms with Gasteiger partial charge in [-0.25, -0.2) is 17.1 Å². The molecule has 3 aromatic carbocycles. The molecule has 1 atom stereocenters. The van der Waals surface area contributed by atoms with Crippen molar-refractivity contribution in [3.05, 3.63) is 95.3 Å². The number of aliphatic hydroxyl groups is 1. The second-order valence-electron chi connectivity index (χ2n) is 11.2. The predicted octanol–water partition coefficient (Wildman–Crippen LogP) is 4.86. The molecule has 0 spiro atoms. The second-order valence-corrected chi connectivity index (χ2v) is 13.3. The molecule has 0 fully saturated rings. The molecule has 0 saturated heterocycles. The quantitative estimate of drug-likeness (QED) is 0.179. The Balaban J connectivity index is 1.72. The molecular formula is C34H46FN3O6S. The minimum Gasteiger partial charge on any atom is -0.497 e. The predicted molar refractivity (Wildman–Crippen MR) is 174 cm³/mol. The van der Waals surface area contributed by atoms with E-state index >= 15 is 0 Å². The third-order valence-electron chi connectivity index (χ3n) is 7.26. The monoisotopic (exact) mass is 643 g/mol. The van der Waals surface area contributed by atoms with Crippen LogP contribution in [0.3, 0.4) is 0 Å². The highest BCUT2D eigenvalue weighted by molar-refractivity contribution is 7.89. The Kier molecular flexibility index (Phi) is 13.8. The van der Waals surface area contributed by atoms with Gasteiger partial charge in [-0.1, -0.05) is 56.3 Å². The fourth-order valence-corrected chi connectivity index (χ4v) is 6.59. The Bertz CT molecular complexity index is 1460. The van der Waals surface area contributed by atoms with E-state index in [0.717, 1.165) is 11.1 Å². The molecular weight excluding hydrogens is 597 g/mol. The zero-order valence-electron chi connectivity index (χ0n) is 26.5. The lowest BCUT2D eigenvalue weighted by molar-refractivity contribution is -0.135. The van der Waals surface area contributed by atoms with Gasteiger partial charge in [0.25, 0.3) is 0 Å². The van der Waals surface area contributed by atoms with Gasteiger partial charge in [-0.15, -0.1) is 0 Å². The molecule has 0 aliphatic rings. The van der Waals surface area contributed by atoms with Crippen molar-refractivity contribution in [3.63, 3.8) is 0 Å². The van der Waals surface area contributed by atoms with Crippen molar-refractivity contribution in [2.24, 2.45) is 5.73 Å². The van der Waals surface area contributed by atoms with Crippen molar-refractivity contribution in [1.82, 2.24) is 9.21 Å². The van der Waals surface area contributed by atoms with Gasteiger partial charge in [-0.05, 0) is 66.6 Å². The standard InChI is InChI=1S/C34H46FN3O6S/c1-4-17-38(18-5-2)45(41,42)19-15-33(39)37(24-29-12-9-13-31(22-29)43-3)26-34(36,40)16-14-28-20-30(35)23-32(21-28)44-25-27-10-7-6-8-11-27/h6-13,20-23,40H,4-5,14-19,24-26,36H2,1-3H3. The summed E-state index contributed by atoms with van der Waals surface area (Å²) < 4.78 is 53.0. The Morgan fingerprint density at radius 2 is 1.60 bits per heavy atom. The van der Waals surface area contributed by atoms with E-state index in [-0.39, 0.29) is 44.7 Å². The number of nitrogens with two attached hydrogens (primary N) is 1. The minimum atomic E-state index is -3.65. The fraction of sp³-hybridized carbons (Fsp3) is 0.441.